The second-order valence-corrected chi connectivity index (χ2v) is 8.96. The van der Waals surface area contributed by atoms with Crippen LogP contribution in [0.4, 0.5) is 33.3 Å². The highest BCUT2D eigenvalue weighted by atomic mass is 35.5. The van der Waals surface area contributed by atoms with Crippen molar-refractivity contribution in [1.82, 2.24) is 5.32 Å². The Morgan fingerprint density at radius 3 is 2.49 bits per heavy atom. The summed E-state index contributed by atoms with van der Waals surface area (Å²) in [5.74, 6) is -3.97. The molecule has 1 atom stereocenters. The SMILES string of the molecule is O=C1CCc2cc(NC(=O)c3cc(F)cc(C(F)(F)F)c3)c3c(c2N1)C(=O)NC3c1cc(F)ccc1Cl. The minimum atomic E-state index is -4.89. The van der Waals surface area contributed by atoms with Crippen molar-refractivity contribution in [3.63, 3.8) is 0 Å². The van der Waals surface area contributed by atoms with Gasteiger partial charge in [0.1, 0.15) is 11.6 Å². The molecule has 190 valence electrons. The quantitative estimate of drug-likeness (QED) is 0.381. The Labute approximate surface area is 210 Å². The number of nitrogens with one attached hydrogen (secondary N) is 3. The molecule has 0 aromatic heterocycles. The van der Waals surface area contributed by atoms with Crippen LogP contribution in [0.3, 0.4) is 0 Å². The zero-order chi connectivity index (χ0) is 26.6. The van der Waals surface area contributed by atoms with E-state index in [1.54, 1.807) is 0 Å². The number of benzene rings is 3. The van der Waals surface area contributed by atoms with Crippen LogP contribution in [-0.2, 0) is 17.4 Å². The first-order chi connectivity index (χ1) is 17.4. The van der Waals surface area contributed by atoms with Crippen molar-refractivity contribution in [1.29, 1.82) is 0 Å². The largest absolute Gasteiger partial charge is 0.416 e. The van der Waals surface area contributed by atoms with E-state index < -0.39 is 46.8 Å². The van der Waals surface area contributed by atoms with Gasteiger partial charge < -0.3 is 16.0 Å². The average Bonchev–Trinajstić information content (AvgIpc) is 3.17. The Hall–Kier alpha value is -3.99. The fourth-order valence-electron chi connectivity index (χ4n) is 4.51. The van der Waals surface area contributed by atoms with Gasteiger partial charge in [-0.05, 0) is 54.4 Å². The third-order valence-corrected chi connectivity index (χ3v) is 6.47. The van der Waals surface area contributed by atoms with Gasteiger partial charge in [-0.1, -0.05) is 11.6 Å². The summed E-state index contributed by atoms with van der Waals surface area (Å²) in [7, 11) is 0. The summed E-state index contributed by atoms with van der Waals surface area (Å²) in [6.45, 7) is 0. The molecular formula is C25H15ClF5N3O3. The van der Waals surface area contributed by atoms with Crippen molar-refractivity contribution in [3.05, 3.63) is 92.5 Å². The second-order valence-electron chi connectivity index (χ2n) is 8.55. The average molecular weight is 536 g/mol. The van der Waals surface area contributed by atoms with Crippen LogP contribution in [-0.4, -0.2) is 17.7 Å². The van der Waals surface area contributed by atoms with E-state index in [1.165, 1.54) is 12.1 Å². The van der Waals surface area contributed by atoms with Gasteiger partial charge in [0.05, 0.1) is 22.9 Å². The molecule has 0 saturated heterocycles. The van der Waals surface area contributed by atoms with Crippen LogP contribution in [0, 0.1) is 11.6 Å². The van der Waals surface area contributed by atoms with Gasteiger partial charge in [0.2, 0.25) is 5.91 Å². The van der Waals surface area contributed by atoms with E-state index in [2.05, 4.69) is 16.0 Å². The lowest BCUT2D eigenvalue weighted by molar-refractivity contribution is -0.137. The maximum atomic E-state index is 14.1. The van der Waals surface area contributed by atoms with Gasteiger partial charge in [0, 0.05) is 33.8 Å². The summed E-state index contributed by atoms with van der Waals surface area (Å²) >= 11 is 6.27. The summed E-state index contributed by atoms with van der Waals surface area (Å²) in [6.07, 6.45) is -4.58. The summed E-state index contributed by atoms with van der Waals surface area (Å²) in [5.41, 5.74) is -0.970. The number of alkyl halides is 3. The molecule has 0 spiro atoms. The Balaban J connectivity index is 1.65. The first-order valence-electron chi connectivity index (χ1n) is 10.9. The molecule has 6 nitrogen and oxygen atoms in total. The number of hydrogen-bond donors (Lipinski definition) is 3. The standard InChI is InChI=1S/C25H15ClF5N3O3/c26-16-3-2-13(27)9-15(16)22-19-17(7-10-1-4-18(35)33-21(10)20(19)24(37)34-22)32-23(36)11-5-12(25(29,30)31)8-14(28)6-11/h2-3,5-9,22H,1,4H2,(H,32,36)(H,33,35)(H,34,37). The molecule has 0 radical (unpaired) electrons. The summed E-state index contributed by atoms with van der Waals surface area (Å²) in [4.78, 5) is 38.1. The van der Waals surface area contributed by atoms with Crippen LogP contribution in [0.5, 0.6) is 0 Å². The van der Waals surface area contributed by atoms with Gasteiger partial charge in [0.15, 0.2) is 0 Å². The number of hydrogen-bond acceptors (Lipinski definition) is 3. The number of halogens is 6. The van der Waals surface area contributed by atoms with Crippen molar-refractivity contribution < 1.29 is 36.3 Å². The lowest BCUT2D eigenvalue weighted by Gasteiger charge is -2.23. The van der Waals surface area contributed by atoms with Crippen LogP contribution in [0.2, 0.25) is 5.02 Å². The molecule has 0 saturated carbocycles. The van der Waals surface area contributed by atoms with Gasteiger partial charge in [-0.3, -0.25) is 14.4 Å². The molecule has 0 aliphatic carbocycles. The van der Waals surface area contributed by atoms with Crippen molar-refractivity contribution in [2.75, 3.05) is 10.6 Å². The van der Waals surface area contributed by atoms with E-state index in [-0.39, 0.29) is 57.9 Å². The van der Waals surface area contributed by atoms with Gasteiger partial charge >= 0.3 is 6.18 Å². The van der Waals surface area contributed by atoms with Crippen LogP contribution < -0.4 is 16.0 Å². The Morgan fingerprint density at radius 2 is 1.76 bits per heavy atom. The molecule has 5 rings (SSSR count). The molecule has 37 heavy (non-hydrogen) atoms. The normalized spacial score (nSPS) is 16.5. The molecule has 2 heterocycles. The lowest BCUT2D eigenvalue weighted by atomic mass is 9.90. The van der Waals surface area contributed by atoms with Gasteiger partial charge in [-0.25, -0.2) is 8.78 Å². The molecule has 2 aliphatic rings. The summed E-state index contributed by atoms with van der Waals surface area (Å²) < 4.78 is 67.5. The molecule has 1 unspecified atom stereocenters. The molecule has 3 amide bonds. The van der Waals surface area contributed by atoms with Gasteiger partial charge in [-0.2, -0.15) is 13.2 Å². The predicted octanol–water partition coefficient (Wildman–Crippen LogP) is 5.61. The number of carbonyl (C=O) groups excluding carboxylic acids is 3. The number of anilines is 2. The van der Waals surface area contributed by atoms with Crippen LogP contribution in [0.1, 0.15) is 55.4 Å². The molecule has 3 aromatic rings. The van der Waals surface area contributed by atoms with Gasteiger partial charge in [-0.15, -0.1) is 0 Å². The number of aryl methyl sites for hydroxylation is 1. The third-order valence-electron chi connectivity index (χ3n) is 6.13. The third kappa shape index (κ3) is 4.50. The minimum Gasteiger partial charge on any atom is -0.341 e. The fraction of sp³-hybridized carbons (Fsp3) is 0.160. The molecule has 0 bridgehead atoms. The Kier molecular flexibility index (Phi) is 5.90. The molecule has 0 fully saturated rings. The Morgan fingerprint density at radius 1 is 1.00 bits per heavy atom. The molecule has 3 aromatic carbocycles. The van der Waals surface area contributed by atoms with Gasteiger partial charge in [0.25, 0.3) is 11.8 Å². The molecule has 2 aliphatic heterocycles. The second kappa shape index (κ2) is 8.84. The monoisotopic (exact) mass is 535 g/mol. The first kappa shape index (κ1) is 24.7. The van der Waals surface area contributed by atoms with Crippen LogP contribution in [0.25, 0.3) is 0 Å². The maximum Gasteiger partial charge on any atom is 0.416 e. The zero-order valence-electron chi connectivity index (χ0n) is 18.5. The van der Waals surface area contributed by atoms with E-state index in [0.29, 0.717) is 17.7 Å². The Bertz CT molecular complexity index is 1510. The van der Waals surface area contributed by atoms with E-state index in [9.17, 15) is 36.3 Å². The lowest BCUT2D eigenvalue weighted by Crippen LogP contribution is -2.23. The van der Waals surface area contributed by atoms with E-state index in [1.807, 2.05) is 0 Å². The number of rotatable bonds is 3. The highest BCUT2D eigenvalue weighted by Crippen LogP contribution is 2.45. The highest BCUT2D eigenvalue weighted by molar-refractivity contribution is 6.31. The first-order valence-corrected chi connectivity index (χ1v) is 11.2. The summed E-state index contributed by atoms with van der Waals surface area (Å²) in [6, 6.07) is 5.30. The van der Waals surface area contributed by atoms with Crippen LogP contribution >= 0.6 is 11.6 Å². The van der Waals surface area contributed by atoms with Crippen molar-refractivity contribution >= 4 is 40.7 Å². The van der Waals surface area contributed by atoms with E-state index in [4.69, 9.17) is 11.6 Å². The molecule has 12 heteroatoms. The highest BCUT2D eigenvalue weighted by Gasteiger charge is 2.39. The maximum absolute atomic E-state index is 14.1. The topological polar surface area (TPSA) is 87.3 Å². The van der Waals surface area contributed by atoms with E-state index >= 15 is 0 Å². The fourth-order valence-corrected chi connectivity index (χ4v) is 4.73. The minimum absolute atomic E-state index is 0.00130. The van der Waals surface area contributed by atoms with Crippen molar-refractivity contribution in [2.24, 2.45) is 0 Å². The predicted molar refractivity (Wildman–Crippen MR) is 123 cm³/mol. The number of amides is 3. The number of carbonyl (C=O) groups is 3. The van der Waals surface area contributed by atoms with Crippen molar-refractivity contribution in [3.8, 4) is 0 Å². The molecular weight excluding hydrogens is 521 g/mol. The summed E-state index contributed by atoms with van der Waals surface area (Å²) in [5, 5.41) is 7.86. The smallest absolute Gasteiger partial charge is 0.341 e. The zero-order valence-corrected chi connectivity index (χ0v) is 19.3. The molecule has 3 N–H and O–H groups in total. The number of fused-ring (bicyclic) bond motifs is 3. The van der Waals surface area contributed by atoms with Crippen LogP contribution in [0.15, 0.2) is 42.5 Å². The van der Waals surface area contributed by atoms with E-state index in [0.717, 1.165) is 12.1 Å². The van der Waals surface area contributed by atoms with Crippen molar-refractivity contribution in [2.45, 2.75) is 25.1 Å².